The molecule has 0 aromatic carbocycles. The van der Waals surface area contributed by atoms with E-state index < -0.39 is 0 Å². The van der Waals surface area contributed by atoms with Crippen LogP contribution >= 0.6 is 0 Å². The average molecular weight is 323 g/mol. The Balaban J connectivity index is 1.38. The van der Waals surface area contributed by atoms with Gasteiger partial charge in [0.05, 0.1) is 6.20 Å². The van der Waals surface area contributed by atoms with Gasteiger partial charge in [0, 0.05) is 37.4 Å². The Hall–Kier alpha value is -2.60. The smallest absolute Gasteiger partial charge is 0.152 e. The second-order valence-electron chi connectivity index (χ2n) is 6.18. The molecule has 0 aliphatic carbocycles. The normalized spacial score (nSPS) is 17.5. The van der Waals surface area contributed by atoms with Crippen molar-refractivity contribution < 1.29 is 4.42 Å². The number of anilines is 1. The predicted molar refractivity (Wildman–Crippen MR) is 92.7 cm³/mol. The van der Waals surface area contributed by atoms with Gasteiger partial charge in [0.2, 0.25) is 0 Å². The molecule has 1 aliphatic heterocycles. The highest BCUT2D eigenvalue weighted by atomic mass is 16.3. The van der Waals surface area contributed by atoms with Gasteiger partial charge in [-0.2, -0.15) is 5.10 Å². The summed E-state index contributed by atoms with van der Waals surface area (Å²) in [6.45, 7) is 4.73. The van der Waals surface area contributed by atoms with Crippen LogP contribution in [0.1, 0.15) is 17.7 Å². The van der Waals surface area contributed by atoms with Gasteiger partial charge in [0.25, 0.3) is 0 Å². The molecule has 124 valence electrons. The third-order valence-electron chi connectivity index (χ3n) is 4.45. The fraction of sp³-hybridized carbons (Fsp3) is 0.333. The summed E-state index contributed by atoms with van der Waals surface area (Å²) >= 11 is 0. The lowest BCUT2D eigenvalue weighted by molar-refractivity contribution is 0.538. The first-order valence-corrected chi connectivity index (χ1v) is 8.28. The van der Waals surface area contributed by atoms with Crippen LogP contribution in [0.3, 0.4) is 0 Å². The average Bonchev–Trinajstić information content (AvgIpc) is 3.34. The highest BCUT2D eigenvalue weighted by molar-refractivity contribution is 5.56. The number of rotatable bonds is 5. The predicted octanol–water partition coefficient (Wildman–Crippen LogP) is 2.74. The number of aromatic nitrogens is 3. The van der Waals surface area contributed by atoms with Gasteiger partial charge in [0.15, 0.2) is 5.76 Å². The number of pyridine rings is 1. The molecule has 0 bridgehead atoms. The summed E-state index contributed by atoms with van der Waals surface area (Å²) in [4.78, 5) is 6.76. The van der Waals surface area contributed by atoms with E-state index >= 15 is 0 Å². The van der Waals surface area contributed by atoms with Gasteiger partial charge in [0.1, 0.15) is 17.3 Å². The topological polar surface area (TPSA) is 70.0 Å². The summed E-state index contributed by atoms with van der Waals surface area (Å²) in [5.74, 6) is 2.79. The number of nitrogens with one attached hydrogen (secondary N) is 2. The van der Waals surface area contributed by atoms with Crippen molar-refractivity contribution in [2.24, 2.45) is 0 Å². The van der Waals surface area contributed by atoms with Crippen LogP contribution in [0.15, 0.2) is 47.1 Å². The maximum absolute atomic E-state index is 5.70. The highest BCUT2D eigenvalue weighted by Gasteiger charge is 2.23. The van der Waals surface area contributed by atoms with E-state index in [2.05, 4.69) is 31.5 Å². The van der Waals surface area contributed by atoms with Crippen LogP contribution in [-0.2, 0) is 6.54 Å². The maximum Gasteiger partial charge on any atom is 0.152 e. The SMILES string of the molecule is Cc1ccc(-c2[nH]ncc2CN[C@@H]2CCN(c3ccccn3)C2)o1. The molecule has 6 heteroatoms. The van der Waals surface area contributed by atoms with E-state index in [-0.39, 0.29) is 0 Å². The Morgan fingerprint density at radius 2 is 2.29 bits per heavy atom. The Morgan fingerprint density at radius 1 is 1.33 bits per heavy atom. The molecule has 1 atom stereocenters. The second-order valence-corrected chi connectivity index (χ2v) is 6.18. The lowest BCUT2D eigenvalue weighted by Crippen LogP contribution is -2.32. The van der Waals surface area contributed by atoms with Gasteiger partial charge in [-0.25, -0.2) is 4.98 Å². The Kier molecular flexibility index (Phi) is 4.04. The van der Waals surface area contributed by atoms with E-state index in [1.54, 1.807) is 0 Å². The highest BCUT2D eigenvalue weighted by Crippen LogP contribution is 2.24. The van der Waals surface area contributed by atoms with E-state index in [0.29, 0.717) is 6.04 Å². The van der Waals surface area contributed by atoms with Gasteiger partial charge in [-0.05, 0) is 37.6 Å². The van der Waals surface area contributed by atoms with E-state index in [9.17, 15) is 0 Å². The molecule has 2 N–H and O–H groups in total. The maximum atomic E-state index is 5.70. The number of aryl methyl sites for hydroxylation is 1. The zero-order valence-electron chi connectivity index (χ0n) is 13.7. The molecule has 1 fully saturated rings. The molecule has 0 amide bonds. The minimum absolute atomic E-state index is 0.452. The lowest BCUT2D eigenvalue weighted by atomic mass is 10.2. The second kappa shape index (κ2) is 6.49. The molecule has 1 saturated heterocycles. The number of hydrogen-bond acceptors (Lipinski definition) is 5. The molecule has 3 aromatic rings. The molecule has 3 aromatic heterocycles. The van der Waals surface area contributed by atoms with Gasteiger partial charge in [-0.3, -0.25) is 5.10 Å². The number of hydrogen-bond donors (Lipinski definition) is 2. The molecule has 24 heavy (non-hydrogen) atoms. The summed E-state index contributed by atoms with van der Waals surface area (Å²) in [7, 11) is 0. The molecule has 1 aliphatic rings. The molecule has 0 spiro atoms. The van der Waals surface area contributed by atoms with Crippen LogP contribution < -0.4 is 10.2 Å². The Bertz CT molecular complexity index is 795. The number of H-pyrrole nitrogens is 1. The van der Waals surface area contributed by atoms with Crippen LogP contribution in [-0.4, -0.2) is 34.3 Å². The number of furan rings is 1. The first-order valence-electron chi connectivity index (χ1n) is 8.28. The monoisotopic (exact) mass is 323 g/mol. The number of nitrogens with zero attached hydrogens (tertiary/aromatic N) is 3. The van der Waals surface area contributed by atoms with Crippen molar-refractivity contribution in [1.82, 2.24) is 20.5 Å². The van der Waals surface area contributed by atoms with Crippen molar-refractivity contribution in [1.29, 1.82) is 0 Å². The first kappa shape index (κ1) is 15.0. The third kappa shape index (κ3) is 3.05. The molecular weight excluding hydrogens is 302 g/mol. The van der Waals surface area contributed by atoms with E-state index in [4.69, 9.17) is 4.42 Å². The largest absolute Gasteiger partial charge is 0.460 e. The minimum Gasteiger partial charge on any atom is -0.460 e. The van der Waals surface area contributed by atoms with Crippen molar-refractivity contribution in [2.45, 2.75) is 25.9 Å². The van der Waals surface area contributed by atoms with Crippen LogP contribution in [0.4, 0.5) is 5.82 Å². The fourth-order valence-corrected chi connectivity index (χ4v) is 3.16. The minimum atomic E-state index is 0.452. The van der Waals surface area contributed by atoms with Gasteiger partial charge >= 0.3 is 0 Å². The number of aromatic amines is 1. The molecule has 6 nitrogen and oxygen atoms in total. The van der Waals surface area contributed by atoms with Gasteiger partial charge in [-0.1, -0.05) is 6.07 Å². The van der Waals surface area contributed by atoms with Crippen molar-refractivity contribution in [3.63, 3.8) is 0 Å². The Morgan fingerprint density at radius 3 is 3.08 bits per heavy atom. The molecule has 0 unspecified atom stereocenters. The van der Waals surface area contributed by atoms with Crippen molar-refractivity contribution in [3.05, 3.63) is 54.0 Å². The molecular formula is C18H21N5O. The summed E-state index contributed by atoms with van der Waals surface area (Å²) in [6, 6.07) is 10.4. The summed E-state index contributed by atoms with van der Waals surface area (Å²) in [5, 5.41) is 10.8. The molecule has 0 saturated carbocycles. The lowest BCUT2D eigenvalue weighted by Gasteiger charge is -2.17. The molecule has 4 heterocycles. The van der Waals surface area contributed by atoms with Crippen molar-refractivity contribution in [3.8, 4) is 11.5 Å². The van der Waals surface area contributed by atoms with Crippen LogP contribution in [0.2, 0.25) is 0 Å². The van der Waals surface area contributed by atoms with Crippen LogP contribution in [0, 0.1) is 6.92 Å². The van der Waals surface area contributed by atoms with Crippen molar-refractivity contribution in [2.75, 3.05) is 18.0 Å². The summed E-state index contributed by atoms with van der Waals surface area (Å²) in [6.07, 6.45) is 4.83. The van der Waals surface area contributed by atoms with Crippen molar-refractivity contribution >= 4 is 5.82 Å². The van der Waals surface area contributed by atoms with E-state index in [0.717, 1.165) is 54.7 Å². The molecule has 0 radical (unpaired) electrons. The van der Waals surface area contributed by atoms with E-state index in [1.165, 1.54) is 0 Å². The zero-order chi connectivity index (χ0) is 16.4. The van der Waals surface area contributed by atoms with E-state index in [1.807, 2.05) is 43.6 Å². The third-order valence-corrected chi connectivity index (χ3v) is 4.45. The first-order chi connectivity index (χ1) is 11.8. The standard InChI is InChI=1S/C18H21N5O/c1-13-5-6-16(24-13)18-14(11-21-22-18)10-20-15-7-9-23(12-15)17-4-2-3-8-19-17/h2-6,8,11,15,20H,7,9-10,12H2,1H3,(H,21,22)/t15-/m1/s1. The quantitative estimate of drug-likeness (QED) is 0.755. The summed E-state index contributed by atoms with van der Waals surface area (Å²) in [5.41, 5.74) is 2.08. The zero-order valence-corrected chi connectivity index (χ0v) is 13.7. The fourth-order valence-electron chi connectivity index (χ4n) is 3.16. The summed E-state index contributed by atoms with van der Waals surface area (Å²) < 4.78 is 5.70. The van der Waals surface area contributed by atoms with Gasteiger partial charge in [-0.15, -0.1) is 0 Å². The molecule has 4 rings (SSSR count). The Labute approximate surface area is 140 Å². The van der Waals surface area contributed by atoms with Gasteiger partial charge < -0.3 is 14.6 Å². The van der Waals surface area contributed by atoms with Crippen LogP contribution in [0.5, 0.6) is 0 Å². The van der Waals surface area contributed by atoms with Crippen LogP contribution in [0.25, 0.3) is 11.5 Å².